The van der Waals surface area contributed by atoms with Crippen molar-refractivity contribution in [3.8, 4) is 5.75 Å². The number of hydrogen-bond donors (Lipinski definition) is 1. The minimum Gasteiger partial charge on any atom is -0.493 e. The molecule has 0 amide bonds. The lowest BCUT2D eigenvalue weighted by Crippen LogP contribution is -2.07. The maximum absolute atomic E-state index is 12.9. The normalized spacial score (nSPS) is 18.4. The molecule has 0 aliphatic carbocycles. The molecular formula is C10H8F2O3. The molecule has 0 saturated heterocycles. The van der Waals surface area contributed by atoms with Gasteiger partial charge in [-0.25, -0.2) is 8.78 Å². The number of rotatable bonds is 2. The summed E-state index contributed by atoms with van der Waals surface area (Å²) in [6.45, 7) is 0.157. The average Bonchev–Trinajstić information content (AvgIpc) is 2.49. The highest BCUT2D eigenvalue weighted by atomic mass is 19.2. The van der Waals surface area contributed by atoms with Crippen LogP contribution in [0.25, 0.3) is 0 Å². The molecule has 1 aliphatic heterocycles. The van der Waals surface area contributed by atoms with Crippen LogP contribution in [0.3, 0.4) is 0 Å². The third kappa shape index (κ3) is 1.77. The van der Waals surface area contributed by atoms with Crippen molar-refractivity contribution in [2.75, 3.05) is 6.61 Å². The highest BCUT2D eigenvalue weighted by molar-refractivity contribution is 5.68. The van der Waals surface area contributed by atoms with Crippen LogP contribution in [0.15, 0.2) is 12.1 Å². The molecule has 0 spiro atoms. The first-order valence-corrected chi connectivity index (χ1v) is 4.41. The van der Waals surface area contributed by atoms with Gasteiger partial charge in [0.2, 0.25) is 0 Å². The Kier molecular flexibility index (Phi) is 2.30. The predicted octanol–water partition coefficient (Wildman–Crippen LogP) is 1.92. The topological polar surface area (TPSA) is 46.5 Å². The van der Waals surface area contributed by atoms with E-state index >= 15 is 0 Å². The molecule has 0 saturated carbocycles. The first kappa shape index (κ1) is 9.89. The summed E-state index contributed by atoms with van der Waals surface area (Å²) in [7, 11) is 0. The smallest absolute Gasteiger partial charge is 0.304 e. The van der Waals surface area contributed by atoms with E-state index in [0.29, 0.717) is 5.56 Å². The van der Waals surface area contributed by atoms with Crippen LogP contribution < -0.4 is 4.74 Å². The SMILES string of the molecule is O=C(O)C[C@@H]1COc2cc(F)c(F)cc21. The summed E-state index contributed by atoms with van der Waals surface area (Å²) in [4.78, 5) is 10.5. The van der Waals surface area contributed by atoms with Crippen LogP contribution in [0.1, 0.15) is 17.9 Å². The third-order valence-electron chi connectivity index (χ3n) is 2.35. The molecular weight excluding hydrogens is 206 g/mol. The molecule has 1 aromatic rings. The number of fused-ring (bicyclic) bond motifs is 1. The molecule has 0 fully saturated rings. The van der Waals surface area contributed by atoms with E-state index in [2.05, 4.69) is 0 Å². The summed E-state index contributed by atoms with van der Waals surface area (Å²) in [5, 5.41) is 8.60. The summed E-state index contributed by atoms with van der Waals surface area (Å²) in [5.74, 6) is -3.10. The Morgan fingerprint density at radius 2 is 2.13 bits per heavy atom. The van der Waals surface area contributed by atoms with Crippen LogP contribution in [0, 0.1) is 11.6 Å². The fourth-order valence-electron chi connectivity index (χ4n) is 1.65. The van der Waals surface area contributed by atoms with E-state index in [0.717, 1.165) is 12.1 Å². The molecule has 80 valence electrons. The third-order valence-corrected chi connectivity index (χ3v) is 2.35. The Bertz CT molecular complexity index is 417. The molecule has 1 aliphatic rings. The molecule has 0 bridgehead atoms. The van der Waals surface area contributed by atoms with Crippen molar-refractivity contribution >= 4 is 5.97 Å². The predicted molar refractivity (Wildman–Crippen MR) is 46.8 cm³/mol. The van der Waals surface area contributed by atoms with E-state index in [4.69, 9.17) is 9.84 Å². The zero-order valence-electron chi connectivity index (χ0n) is 7.67. The fourth-order valence-corrected chi connectivity index (χ4v) is 1.65. The number of carboxylic acid groups (broad SMARTS) is 1. The number of ether oxygens (including phenoxy) is 1. The fraction of sp³-hybridized carbons (Fsp3) is 0.300. The second kappa shape index (κ2) is 3.49. The van der Waals surface area contributed by atoms with Crippen molar-refractivity contribution in [3.05, 3.63) is 29.3 Å². The molecule has 15 heavy (non-hydrogen) atoms. The lowest BCUT2D eigenvalue weighted by molar-refractivity contribution is -0.137. The molecule has 5 heteroatoms. The van der Waals surface area contributed by atoms with Crippen molar-refractivity contribution in [3.63, 3.8) is 0 Å². The Labute approximate surface area is 84.3 Å². The molecule has 1 atom stereocenters. The van der Waals surface area contributed by atoms with Crippen molar-refractivity contribution in [2.45, 2.75) is 12.3 Å². The second-order valence-corrected chi connectivity index (χ2v) is 3.41. The molecule has 3 nitrogen and oxygen atoms in total. The monoisotopic (exact) mass is 214 g/mol. The summed E-state index contributed by atoms with van der Waals surface area (Å²) < 4.78 is 30.8. The standard InChI is InChI=1S/C10H8F2O3/c11-7-2-6-5(1-10(13)14)4-15-9(6)3-8(7)12/h2-3,5H,1,4H2,(H,13,14)/t5-/m1/s1. The lowest BCUT2D eigenvalue weighted by atomic mass is 9.98. The average molecular weight is 214 g/mol. The first-order valence-electron chi connectivity index (χ1n) is 4.41. The van der Waals surface area contributed by atoms with Crippen LogP contribution in [-0.4, -0.2) is 17.7 Å². The van der Waals surface area contributed by atoms with Gasteiger partial charge in [-0.3, -0.25) is 4.79 Å². The molecule has 2 rings (SSSR count). The molecule has 0 radical (unpaired) electrons. The van der Waals surface area contributed by atoms with E-state index in [9.17, 15) is 13.6 Å². The molecule has 1 N–H and O–H groups in total. The van der Waals surface area contributed by atoms with Gasteiger partial charge in [0.1, 0.15) is 5.75 Å². The molecule has 0 unspecified atom stereocenters. The lowest BCUT2D eigenvalue weighted by Gasteiger charge is -2.04. The van der Waals surface area contributed by atoms with E-state index < -0.39 is 23.5 Å². The zero-order valence-corrected chi connectivity index (χ0v) is 7.67. The highest BCUT2D eigenvalue weighted by Crippen LogP contribution is 2.37. The molecule has 1 heterocycles. The summed E-state index contributed by atoms with van der Waals surface area (Å²) in [5.41, 5.74) is 0.427. The van der Waals surface area contributed by atoms with Gasteiger partial charge < -0.3 is 9.84 Å². The molecule has 0 aromatic heterocycles. The van der Waals surface area contributed by atoms with Gasteiger partial charge in [0.05, 0.1) is 13.0 Å². The minimum atomic E-state index is -0.985. The minimum absolute atomic E-state index is 0.141. The number of hydrogen-bond acceptors (Lipinski definition) is 2. The summed E-state index contributed by atoms with van der Waals surface area (Å²) in [6.07, 6.45) is -0.141. The van der Waals surface area contributed by atoms with Crippen LogP contribution in [0.5, 0.6) is 5.75 Å². The first-order chi connectivity index (χ1) is 7.08. The maximum Gasteiger partial charge on any atom is 0.304 e. The summed E-state index contributed by atoms with van der Waals surface area (Å²) in [6, 6.07) is 1.96. The van der Waals surface area contributed by atoms with E-state index in [1.807, 2.05) is 0 Å². The molecule has 1 aromatic carbocycles. The van der Waals surface area contributed by atoms with Crippen molar-refractivity contribution < 1.29 is 23.4 Å². The van der Waals surface area contributed by atoms with Crippen LogP contribution in [0.2, 0.25) is 0 Å². The Hall–Kier alpha value is -1.65. The van der Waals surface area contributed by atoms with Gasteiger partial charge >= 0.3 is 5.97 Å². The van der Waals surface area contributed by atoms with E-state index in [1.54, 1.807) is 0 Å². The van der Waals surface area contributed by atoms with Crippen LogP contribution in [0.4, 0.5) is 8.78 Å². The maximum atomic E-state index is 12.9. The van der Waals surface area contributed by atoms with Crippen LogP contribution in [-0.2, 0) is 4.79 Å². The highest BCUT2D eigenvalue weighted by Gasteiger charge is 2.28. The summed E-state index contributed by atoms with van der Waals surface area (Å²) >= 11 is 0. The van der Waals surface area contributed by atoms with Crippen molar-refractivity contribution in [2.24, 2.45) is 0 Å². The van der Waals surface area contributed by atoms with E-state index in [-0.39, 0.29) is 18.8 Å². The largest absolute Gasteiger partial charge is 0.493 e. The number of carbonyl (C=O) groups is 1. The van der Waals surface area contributed by atoms with Crippen LogP contribution >= 0.6 is 0 Å². The van der Waals surface area contributed by atoms with Crippen molar-refractivity contribution in [1.82, 2.24) is 0 Å². The Balaban J connectivity index is 2.34. The Morgan fingerprint density at radius 3 is 2.80 bits per heavy atom. The zero-order chi connectivity index (χ0) is 11.0. The van der Waals surface area contributed by atoms with Gasteiger partial charge in [-0.05, 0) is 6.07 Å². The van der Waals surface area contributed by atoms with Gasteiger partial charge in [-0.2, -0.15) is 0 Å². The van der Waals surface area contributed by atoms with Gasteiger partial charge in [0.25, 0.3) is 0 Å². The van der Waals surface area contributed by atoms with E-state index in [1.165, 1.54) is 0 Å². The number of carboxylic acids is 1. The second-order valence-electron chi connectivity index (χ2n) is 3.41. The number of aliphatic carboxylic acids is 1. The van der Waals surface area contributed by atoms with Gasteiger partial charge in [-0.1, -0.05) is 0 Å². The van der Waals surface area contributed by atoms with Gasteiger partial charge in [0, 0.05) is 17.5 Å². The quantitative estimate of drug-likeness (QED) is 0.818. The van der Waals surface area contributed by atoms with Crippen molar-refractivity contribution in [1.29, 1.82) is 0 Å². The van der Waals surface area contributed by atoms with Gasteiger partial charge in [-0.15, -0.1) is 0 Å². The number of halogens is 2. The Morgan fingerprint density at radius 1 is 1.47 bits per heavy atom. The number of benzene rings is 1. The van der Waals surface area contributed by atoms with Gasteiger partial charge in [0.15, 0.2) is 11.6 Å².